The Hall–Kier alpha value is -3.79. The van der Waals surface area contributed by atoms with E-state index in [-0.39, 0.29) is 18.3 Å². The van der Waals surface area contributed by atoms with Gasteiger partial charge in [0, 0.05) is 11.6 Å². The van der Waals surface area contributed by atoms with Gasteiger partial charge >= 0.3 is 6.03 Å². The number of methoxy groups -OCH3 is 2. The molecular formula is C23H20N4O5S. The van der Waals surface area contributed by atoms with Crippen LogP contribution in [0.3, 0.4) is 0 Å². The third-order valence-electron chi connectivity index (χ3n) is 5.48. The molecular weight excluding hydrogens is 444 g/mol. The molecule has 3 aromatic rings. The number of urea groups is 1. The molecule has 5 rings (SSSR count). The first-order chi connectivity index (χ1) is 16.1. The van der Waals surface area contributed by atoms with Crippen LogP contribution >= 0.6 is 11.8 Å². The second-order valence-electron chi connectivity index (χ2n) is 7.41. The fourth-order valence-corrected chi connectivity index (χ4v) is 4.89. The van der Waals surface area contributed by atoms with Crippen LogP contribution in [0.1, 0.15) is 5.89 Å². The molecule has 0 spiro atoms. The maximum absolute atomic E-state index is 13.5. The van der Waals surface area contributed by atoms with Gasteiger partial charge in [-0.3, -0.25) is 4.79 Å². The van der Waals surface area contributed by atoms with Crippen molar-refractivity contribution in [1.82, 2.24) is 15.0 Å². The highest BCUT2D eigenvalue weighted by atomic mass is 32.2. The van der Waals surface area contributed by atoms with E-state index in [1.807, 2.05) is 29.7 Å². The predicted octanol–water partition coefficient (Wildman–Crippen LogP) is 3.72. The second kappa shape index (κ2) is 8.62. The molecule has 0 N–H and O–H groups in total. The number of imide groups is 1. The predicted molar refractivity (Wildman–Crippen MR) is 122 cm³/mol. The number of rotatable bonds is 6. The van der Waals surface area contributed by atoms with Crippen LogP contribution in [-0.4, -0.2) is 52.5 Å². The lowest BCUT2D eigenvalue weighted by molar-refractivity contribution is -0.119. The Balaban J connectivity index is 1.44. The van der Waals surface area contributed by atoms with Gasteiger partial charge < -0.3 is 18.9 Å². The number of carbonyl (C=O) groups is 2. The lowest BCUT2D eigenvalue weighted by Crippen LogP contribution is -2.61. The Kier molecular flexibility index (Phi) is 5.51. The largest absolute Gasteiger partial charge is 0.497 e. The number of amides is 3. The van der Waals surface area contributed by atoms with Gasteiger partial charge in [-0.25, -0.2) is 9.69 Å². The van der Waals surface area contributed by atoms with Crippen molar-refractivity contribution < 1.29 is 23.6 Å². The Bertz CT molecular complexity index is 1240. The van der Waals surface area contributed by atoms with Crippen molar-refractivity contribution in [1.29, 1.82) is 0 Å². The van der Waals surface area contributed by atoms with Crippen molar-refractivity contribution in [3.63, 3.8) is 0 Å². The maximum Gasteiger partial charge on any atom is 0.332 e. The average molecular weight is 465 g/mol. The Morgan fingerprint density at radius 1 is 1.06 bits per heavy atom. The van der Waals surface area contributed by atoms with Crippen LogP contribution in [0.15, 0.2) is 64.5 Å². The fourth-order valence-electron chi connectivity index (χ4n) is 3.85. The summed E-state index contributed by atoms with van der Waals surface area (Å²) in [6.45, 7) is 0.0651. The van der Waals surface area contributed by atoms with Crippen molar-refractivity contribution >= 4 is 29.4 Å². The van der Waals surface area contributed by atoms with Gasteiger partial charge in [-0.1, -0.05) is 29.4 Å². The second-order valence-corrected chi connectivity index (χ2v) is 8.46. The normalized spacial score (nSPS) is 19.7. The summed E-state index contributed by atoms with van der Waals surface area (Å²) < 4.78 is 16.0. The first-order valence-electron chi connectivity index (χ1n) is 10.2. The van der Waals surface area contributed by atoms with E-state index >= 15 is 0 Å². The van der Waals surface area contributed by atoms with Crippen LogP contribution in [-0.2, 0) is 11.3 Å². The summed E-state index contributed by atoms with van der Waals surface area (Å²) in [5.74, 6) is 1.62. The van der Waals surface area contributed by atoms with E-state index in [2.05, 4.69) is 10.1 Å². The highest BCUT2D eigenvalue weighted by Gasteiger charge is 2.48. The van der Waals surface area contributed by atoms with Gasteiger partial charge in [0.05, 0.1) is 25.9 Å². The first-order valence-corrected chi connectivity index (χ1v) is 11.1. The lowest BCUT2D eigenvalue weighted by atomic mass is 10.1. The highest BCUT2D eigenvalue weighted by molar-refractivity contribution is 8.03. The highest BCUT2D eigenvalue weighted by Crippen LogP contribution is 2.37. The third-order valence-corrected chi connectivity index (χ3v) is 6.57. The zero-order valence-electron chi connectivity index (χ0n) is 17.9. The Labute approximate surface area is 194 Å². The molecule has 3 amide bonds. The number of ether oxygens (including phenoxy) is 2. The summed E-state index contributed by atoms with van der Waals surface area (Å²) in [5, 5.41) is 5.45. The zero-order valence-corrected chi connectivity index (χ0v) is 18.7. The van der Waals surface area contributed by atoms with Crippen molar-refractivity contribution in [3.05, 3.63) is 65.9 Å². The smallest absolute Gasteiger partial charge is 0.332 e. The van der Waals surface area contributed by atoms with Gasteiger partial charge in [0.1, 0.15) is 23.3 Å². The molecule has 1 saturated heterocycles. The molecule has 9 nitrogen and oxygen atoms in total. The van der Waals surface area contributed by atoms with Crippen molar-refractivity contribution in [3.8, 4) is 22.9 Å². The quantitative estimate of drug-likeness (QED) is 0.544. The minimum atomic E-state index is -0.456. The van der Waals surface area contributed by atoms with Gasteiger partial charge in [0.15, 0.2) is 0 Å². The van der Waals surface area contributed by atoms with Gasteiger partial charge in [0.25, 0.3) is 5.91 Å². The molecule has 2 unspecified atom stereocenters. The molecule has 0 saturated carbocycles. The van der Waals surface area contributed by atoms with Crippen LogP contribution in [0.2, 0.25) is 0 Å². The summed E-state index contributed by atoms with van der Waals surface area (Å²) in [6, 6.07) is 13.3. The number of hydrogen-bond acceptors (Lipinski definition) is 8. The lowest BCUT2D eigenvalue weighted by Gasteiger charge is -2.40. The number of nitrogens with zero attached hydrogens (tertiary/aromatic N) is 4. The molecule has 2 aliphatic rings. The number of aromatic nitrogens is 2. The van der Waals surface area contributed by atoms with Crippen LogP contribution in [0, 0.1) is 0 Å². The SMILES string of the molecule is COc1cccc(-c2noc(CN3C(=O)N(c4cccc(OC)c4)C(=O)C4SC=CC43)n2)c1. The molecule has 2 aliphatic heterocycles. The molecule has 33 heavy (non-hydrogen) atoms. The monoisotopic (exact) mass is 464 g/mol. The first kappa shape index (κ1) is 21.1. The minimum Gasteiger partial charge on any atom is -0.497 e. The minimum absolute atomic E-state index is 0.0651. The topological polar surface area (TPSA) is 98.0 Å². The number of carbonyl (C=O) groups excluding carboxylic acids is 2. The number of hydrogen-bond donors (Lipinski definition) is 0. The third kappa shape index (κ3) is 3.82. The number of anilines is 1. The molecule has 0 aliphatic carbocycles. The molecule has 3 heterocycles. The number of thioether (sulfide) groups is 1. The van der Waals surface area contributed by atoms with Crippen molar-refractivity contribution in [2.75, 3.05) is 19.1 Å². The molecule has 1 fully saturated rings. The summed E-state index contributed by atoms with van der Waals surface area (Å²) >= 11 is 1.39. The Morgan fingerprint density at radius 2 is 1.82 bits per heavy atom. The molecule has 0 bridgehead atoms. The summed E-state index contributed by atoms with van der Waals surface area (Å²) in [4.78, 5) is 33.9. The average Bonchev–Trinajstić information content (AvgIpc) is 3.52. The van der Waals surface area contributed by atoms with Gasteiger partial charge in [-0.05, 0) is 29.7 Å². The van der Waals surface area contributed by atoms with Crippen molar-refractivity contribution in [2.24, 2.45) is 0 Å². The van der Waals surface area contributed by atoms with E-state index < -0.39 is 17.3 Å². The maximum atomic E-state index is 13.5. The van der Waals surface area contributed by atoms with Crippen LogP contribution in [0.25, 0.3) is 11.4 Å². The molecule has 2 aromatic carbocycles. The number of benzene rings is 2. The zero-order chi connectivity index (χ0) is 22.9. The van der Waals surface area contributed by atoms with E-state index in [4.69, 9.17) is 14.0 Å². The summed E-state index contributed by atoms with van der Waals surface area (Å²) in [5.41, 5.74) is 1.18. The molecule has 0 radical (unpaired) electrons. The van der Waals surface area contributed by atoms with Crippen LogP contribution in [0.4, 0.5) is 10.5 Å². The Morgan fingerprint density at radius 3 is 2.61 bits per heavy atom. The van der Waals surface area contributed by atoms with Gasteiger partial charge in [-0.15, -0.1) is 11.8 Å². The van der Waals surface area contributed by atoms with Crippen LogP contribution < -0.4 is 14.4 Å². The molecule has 1 aromatic heterocycles. The van der Waals surface area contributed by atoms with E-state index in [9.17, 15) is 9.59 Å². The molecule has 2 atom stereocenters. The van der Waals surface area contributed by atoms with E-state index in [0.717, 1.165) is 5.56 Å². The molecule has 168 valence electrons. The fraction of sp³-hybridized carbons (Fsp3) is 0.217. The van der Waals surface area contributed by atoms with Crippen molar-refractivity contribution in [2.45, 2.75) is 17.8 Å². The van der Waals surface area contributed by atoms with E-state index in [1.54, 1.807) is 42.3 Å². The van der Waals surface area contributed by atoms with E-state index in [0.29, 0.717) is 23.0 Å². The summed E-state index contributed by atoms with van der Waals surface area (Å²) in [7, 11) is 3.12. The standard InChI is InChI=1S/C23H20N4O5S/c1-30-16-7-3-5-14(11-16)21-24-19(32-25-21)13-26-18-9-10-33-20(18)22(28)27(23(26)29)15-6-4-8-17(12-15)31-2/h3-12,18,20H,13H2,1-2H3. The number of fused-ring (bicyclic) bond motifs is 1. The van der Waals surface area contributed by atoms with Crippen LogP contribution in [0.5, 0.6) is 11.5 Å². The van der Waals surface area contributed by atoms with Gasteiger partial charge in [-0.2, -0.15) is 4.98 Å². The van der Waals surface area contributed by atoms with E-state index in [1.165, 1.54) is 23.8 Å². The van der Waals surface area contributed by atoms with Gasteiger partial charge in [0.2, 0.25) is 11.7 Å². The molecule has 10 heteroatoms. The summed E-state index contributed by atoms with van der Waals surface area (Å²) in [6.07, 6.45) is 1.85.